The summed E-state index contributed by atoms with van der Waals surface area (Å²) < 4.78 is 15.9. The summed E-state index contributed by atoms with van der Waals surface area (Å²) in [6, 6.07) is 52.3. The van der Waals surface area contributed by atoms with Crippen LogP contribution in [0.1, 0.15) is 56.9 Å². The average Bonchev–Trinajstić information content (AvgIpc) is 3.98. The molecule has 8 aromatic carbocycles. The largest absolute Gasteiger partial charge is 0.456 e. The van der Waals surface area contributed by atoms with Gasteiger partial charge in [0.05, 0.1) is 11.0 Å². The van der Waals surface area contributed by atoms with Crippen molar-refractivity contribution in [2.75, 3.05) is 4.81 Å². The third-order valence-electron chi connectivity index (χ3n) is 14.6. The molecule has 0 N–H and O–H groups in total. The predicted molar refractivity (Wildman–Crippen MR) is 255 cm³/mol. The van der Waals surface area contributed by atoms with Crippen molar-refractivity contribution in [2.24, 2.45) is 0 Å². The van der Waals surface area contributed by atoms with Gasteiger partial charge in [0, 0.05) is 72.5 Å². The molecular formula is C56H41BN2O2. The van der Waals surface area contributed by atoms with Crippen LogP contribution in [0.3, 0.4) is 0 Å². The smallest absolute Gasteiger partial charge is 0.333 e. The minimum atomic E-state index is -0.165. The number of para-hydroxylation sites is 2. The Bertz CT molecular complexity index is 3800. The van der Waals surface area contributed by atoms with Crippen molar-refractivity contribution in [1.82, 2.24) is 4.57 Å². The number of aromatic nitrogens is 1. The fraction of sp³-hybridized carbons (Fsp3) is 0.143. The molecule has 14 rings (SSSR count). The van der Waals surface area contributed by atoms with E-state index in [2.05, 4.69) is 190 Å². The van der Waals surface area contributed by atoms with E-state index in [-0.39, 0.29) is 17.7 Å². The van der Waals surface area contributed by atoms with Crippen molar-refractivity contribution in [3.05, 3.63) is 162 Å². The van der Waals surface area contributed by atoms with E-state index >= 15 is 0 Å². The normalized spacial score (nSPS) is 14.8. The molecular weight excluding hydrogens is 743 g/mol. The Morgan fingerprint density at radius 2 is 1.21 bits per heavy atom. The second kappa shape index (κ2) is 11.0. The number of aryl methyl sites for hydroxylation is 1. The second-order valence-electron chi connectivity index (χ2n) is 19.3. The molecule has 1 aliphatic carbocycles. The zero-order valence-electron chi connectivity index (χ0n) is 35.1. The van der Waals surface area contributed by atoms with E-state index in [1.54, 1.807) is 0 Å². The lowest BCUT2D eigenvalue weighted by Gasteiger charge is -2.42. The number of rotatable bonds is 1. The molecule has 0 unspecified atom stereocenters. The molecule has 4 nitrogen and oxygen atoms in total. The average molecular weight is 785 g/mol. The van der Waals surface area contributed by atoms with Crippen molar-refractivity contribution in [1.29, 1.82) is 0 Å². The molecule has 5 heterocycles. The van der Waals surface area contributed by atoms with E-state index in [4.69, 9.17) is 8.83 Å². The maximum atomic E-state index is 6.68. The third-order valence-corrected chi connectivity index (χ3v) is 14.6. The van der Waals surface area contributed by atoms with Gasteiger partial charge in [0.25, 0.3) is 0 Å². The minimum absolute atomic E-state index is 0.0265. The molecule has 3 aliphatic rings. The second-order valence-corrected chi connectivity index (χ2v) is 19.3. The maximum absolute atomic E-state index is 6.68. The van der Waals surface area contributed by atoms with Crippen molar-refractivity contribution in [3.63, 3.8) is 0 Å². The predicted octanol–water partition coefficient (Wildman–Crippen LogP) is 13.7. The first-order valence-electron chi connectivity index (χ1n) is 21.6. The number of fused-ring (bicyclic) bond motifs is 17. The van der Waals surface area contributed by atoms with Crippen molar-refractivity contribution < 1.29 is 8.83 Å². The highest BCUT2D eigenvalue weighted by Gasteiger charge is 2.47. The fourth-order valence-corrected chi connectivity index (χ4v) is 11.7. The van der Waals surface area contributed by atoms with Gasteiger partial charge in [0.15, 0.2) is 0 Å². The molecule has 0 saturated carbocycles. The van der Waals surface area contributed by atoms with Crippen LogP contribution in [0.25, 0.3) is 93.6 Å². The van der Waals surface area contributed by atoms with Gasteiger partial charge in [-0.05, 0) is 105 Å². The molecule has 0 saturated heterocycles. The molecule has 290 valence electrons. The van der Waals surface area contributed by atoms with Crippen LogP contribution in [0.2, 0.25) is 0 Å². The van der Waals surface area contributed by atoms with Gasteiger partial charge in [-0.1, -0.05) is 120 Å². The number of benzene rings is 8. The summed E-state index contributed by atoms with van der Waals surface area (Å²) in [4.78, 5) is 2.63. The van der Waals surface area contributed by atoms with Crippen LogP contribution < -0.4 is 15.7 Å². The van der Waals surface area contributed by atoms with E-state index in [9.17, 15) is 0 Å². The minimum Gasteiger partial charge on any atom is -0.456 e. The highest BCUT2D eigenvalue weighted by atomic mass is 16.3. The van der Waals surface area contributed by atoms with Gasteiger partial charge >= 0.3 is 6.85 Å². The van der Waals surface area contributed by atoms with E-state index < -0.39 is 0 Å². The number of nitrogens with zero attached hydrogens (tertiary/aromatic N) is 2. The van der Waals surface area contributed by atoms with Gasteiger partial charge in [-0.2, -0.15) is 0 Å². The molecule has 0 amide bonds. The summed E-state index contributed by atoms with van der Waals surface area (Å²) in [6.45, 7) is 13.9. The van der Waals surface area contributed by atoms with Crippen LogP contribution in [0, 0.1) is 6.92 Å². The fourth-order valence-electron chi connectivity index (χ4n) is 11.7. The number of hydrogen-bond donors (Lipinski definition) is 0. The Balaban J connectivity index is 1.18. The van der Waals surface area contributed by atoms with Gasteiger partial charge in [-0.3, -0.25) is 0 Å². The Morgan fingerprint density at radius 1 is 0.541 bits per heavy atom. The zero-order valence-corrected chi connectivity index (χ0v) is 35.1. The Labute approximate surface area is 353 Å². The van der Waals surface area contributed by atoms with Gasteiger partial charge in [-0.15, -0.1) is 0 Å². The van der Waals surface area contributed by atoms with Crippen LogP contribution in [0.15, 0.2) is 148 Å². The number of anilines is 2. The lowest BCUT2D eigenvalue weighted by Crippen LogP contribution is -2.60. The van der Waals surface area contributed by atoms with Crippen LogP contribution in [-0.2, 0) is 10.8 Å². The molecule has 3 aromatic heterocycles. The Morgan fingerprint density at radius 3 is 1.95 bits per heavy atom. The highest BCUT2D eigenvalue weighted by Crippen LogP contribution is 2.53. The Kier molecular flexibility index (Phi) is 6.12. The monoisotopic (exact) mass is 784 g/mol. The molecule has 5 heteroatoms. The third kappa shape index (κ3) is 4.17. The van der Waals surface area contributed by atoms with E-state index in [0.29, 0.717) is 0 Å². The maximum Gasteiger partial charge on any atom is 0.333 e. The summed E-state index contributed by atoms with van der Waals surface area (Å²) in [7, 11) is 0. The summed E-state index contributed by atoms with van der Waals surface area (Å²) in [5.74, 6) is 0. The summed E-state index contributed by atoms with van der Waals surface area (Å²) in [5.41, 5.74) is 22.6. The van der Waals surface area contributed by atoms with E-state index in [1.807, 2.05) is 0 Å². The standard InChI is InChI=1S/C56H41BN2O2/c1-30-23-40-37-24-38-34-14-8-11-17-48(34)61-51(38)29-46(37)59(32-21-19-31(20-22-32)55(2,3)4)57-44-26-36-33-13-7-10-16-42(33)56(5,6)43(36)27-47(44)58-45-28-50-39(35-15-9-12-18-49(35)60-50)25-41(45)52(30)54(58)53(40)57/h7-29H,1-6H3. The molecule has 61 heavy (non-hydrogen) atoms. The number of furan rings is 2. The lowest BCUT2D eigenvalue weighted by atomic mass is 9.43. The molecule has 0 atom stereocenters. The highest BCUT2D eigenvalue weighted by molar-refractivity contribution is 6.93. The van der Waals surface area contributed by atoms with Crippen LogP contribution in [-0.4, -0.2) is 11.4 Å². The molecule has 2 aliphatic heterocycles. The summed E-state index contributed by atoms with van der Waals surface area (Å²) in [5, 5.41) is 7.15. The number of hydrogen-bond acceptors (Lipinski definition) is 3. The quantitative estimate of drug-likeness (QED) is 0.156. The van der Waals surface area contributed by atoms with E-state index in [1.165, 1.54) is 82.9 Å². The SMILES string of the molecule is Cc1cc2c3c4c1c1cc5c(cc1n4-c1cc4c(cc1B3N(c1ccc(C(C)(C)C)cc1)c1cc3oc6ccccc6c3cc1-2)-c1ccccc1C4(C)C)oc1ccccc15. The lowest BCUT2D eigenvalue weighted by molar-refractivity contribution is 0.590. The van der Waals surface area contributed by atoms with Crippen molar-refractivity contribution in [3.8, 4) is 27.9 Å². The molecule has 0 bridgehead atoms. The van der Waals surface area contributed by atoms with Gasteiger partial charge in [0.1, 0.15) is 22.3 Å². The molecule has 0 fully saturated rings. The van der Waals surface area contributed by atoms with Gasteiger partial charge in [0.2, 0.25) is 0 Å². The van der Waals surface area contributed by atoms with E-state index in [0.717, 1.165) is 55.3 Å². The van der Waals surface area contributed by atoms with Gasteiger partial charge in [-0.25, -0.2) is 0 Å². The zero-order chi connectivity index (χ0) is 40.8. The van der Waals surface area contributed by atoms with Crippen LogP contribution in [0.5, 0.6) is 0 Å². The van der Waals surface area contributed by atoms with Crippen LogP contribution in [0.4, 0.5) is 11.4 Å². The van der Waals surface area contributed by atoms with Gasteiger partial charge < -0.3 is 18.2 Å². The summed E-state index contributed by atoms with van der Waals surface area (Å²) >= 11 is 0. The van der Waals surface area contributed by atoms with Crippen LogP contribution >= 0.6 is 0 Å². The van der Waals surface area contributed by atoms with Crippen molar-refractivity contribution in [2.45, 2.75) is 52.4 Å². The molecule has 0 spiro atoms. The Hall–Kier alpha value is -6.98. The molecule has 0 radical (unpaired) electrons. The topological polar surface area (TPSA) is 34.5 Å². The van der Waals surface area contributed by atoms with Crippen molar-refractivity contribution >= 4 is 94.8 Å². The first-order valence-corrected chi connectivity index (χ1v) is 21.6. The molecule has 11 aromatic rings. The summed E-state index contributed by atoms with van der Waals surface area (Å²) in [6.07, 6.45) is 0. The first kappa shape index (κ1) is 33.8. The first-order chi connectivity index (χ1) is 29.5.